The SMILES string of the molecule is Ic1c2c(cc3c4ccccc4n(-c4ccccc4)c13)c1ccccc1n2-c1ccccc1. The summed E-state index contributed by atoms with van der Waals surface area (Å²) in [6.07, 6.45) is 0. The highest BCUT2D eigenvalue weighted by molar-refractivity contribution is 14.1. The Morgan fingerprint density at radius 3 is 1.27 bits per heavy atom. The normalized spacial score (nSPS) is 11.8. The maximum atomic E-state index is 2.57. The number of para-hydroxylation sites is 4. The number of aromatic nitrogens is 2. The molecule has 0 radical (unpaired) electrons. The Morgan fingerprint density at radius 1 is 0.424 bits per heavy atom. The quantitative estimate of drug-likeness (QED) is 0.197. The van der Waals surface area contributed by atoms with Crippen LogP contribution in [0.4, 0.5) is 0 Å². The summed E-state index contributed by atoms with van der Waals surface area (Å²) in [5.41, 5.74) is 7.36. The Balaban J connectivity index is 1.76. The zero-order chi connectivity index (χ0) is 21.9. The van der Waals surface area contributed by atoms with Crippen LogP contribution in [0.2, 0.25) is 0 Å². The molecule has 2 aromatic heterocycles. The van der Waals surface area contributed by atoms with Crippen molar-refractivity contribution in [2.75, 3.05) is 0 Å². The first kappa shape index (κ1) is 18.9. The van der Waals surface area contributed by atoms with Crippen molar-refractivity contribution >= 4 is 66.2 Å². The molecule has 7 rings (SSSR count). The Morgan fingerprint density at radius 2 is 0.818 bits per heavy atom. The zero-order valence-corrected chi connectivity index (χ0v) is 19.9. The highest BCUT2D eigenvalue weighted by Crippen LogP contribution is 2.42. The standard InChI is InChI=1S/C30H19IN2/c31-28-29-24(22-15-7-9-17-26(22)32(29)20-11-3-1-4-12-20)19-25-23-16-8-10-18-27(23)33(30(25)28)21-13-5-2-6-14-21/h1-19H. The summed E-state index contributed by atoms with van der Waals surface area (Å²) in [7, 11) is 0. The molecule has 0 aliphatic rings. The smallest absolute Gasteiger partial charge is 0.0696 e. The lowest BCUT2D eigenvalue weighted by Gasteiger charge is -2.12. The Labute approximate surface area is 204 Å². The van der Waals surface area contributed by atoms with Crippen LogP contribution in [0.5, 0.6) is 0 Å². The molecule has 0 aliphatic carbocycles. The third-order valence-corrected chi connectivity index (χ3v) is 7.58. The second-order valence-corrected chi connectivity index (χ2v) is 9.44. The summed E-state index contributed by atoms with van der Waals surface area (Å²) < 4.78 is 6.10. The van der Waals surface area contributed by atoms with Crippen LogP contribution in [0.1, 0.15) is 0 Å². The van der Waals surface area contributed by atoms with Gasteiger partial charge in [-0.05, 0) is 65.1 Å². The molecule has 0 bridgehead atoms. The van der Waals surface area contributed by atoms with E-state index in [4.69, 9.17) is 0 Å². The second kappa shape index (κ2) is 7.22. The van der Waals surface area contributed by atoms with Crippen molar-refractivity contribution in [2.24, 2.45) is 0 Å². The fraction of sp³-hybridized carbons (Fsp3) is 0. The van der Waals surface area contributed by atoms with Crippen LogP contribution in [0.15, 0.2) is 115 Å². The van der Waals surface area contributed by atoms with E-state index in [1.807, 2.05) is 0 Å². The predicted octanol–water partition coefficient (Wildman–Crippen LogP) is 8.49. The van der Waals surface area contributed by atoms with Gasteiger partial charge in [-0.15, -0.1) is 0 Å². The lowest BCUT2D eigenvalue weighted by molar-refractivity contribution is 1.16. The third kappa shape index (κ3) is 2.66. The first-order chi connectivity index (χ1) is 16.3. The van der Waals surface area contributed by atoms with E-state index in [2.05, 4.69) is 147 Å². The minimum atomic E-state index is 1.18. The predicted molar refractivity (Wildman–Crippen MR) is 148 cm³/mol. The number of hydrogen-bond donors (Lipinski definition) is 0. The Bertz CT molecular complexity index is 1680. The van der Waals surface area contributed by atoms with Crippen LogP contribution in [-0.4, -0.2) is 9.13 Å². The van der Waals surface area contributed by atoms with Gasteiger partial charge in [0.25, 0.3) is 0 Å². The third-order valence-electron chi connectivity index (χ3n) is 6.56. The molecule has 2 nitrogen and oxygen atoms in total. The van der Waals surface area contributed by atoms with Crippen LogP contribution in [0, 0.1) is 3.57 Å². The molecule has 0 atom stereocenters. The van der Waals surface area contributed by atoms with Crippen LogP contribution < -0.4 is 0 Å². The van der Waals surface area contributed by atoms with Crippen molar-refractivity contribution in [3.8, 4) is 11.4 Å². The summed E-state index contributed by atoms with van der Waals surface area (Å²) in [6.45, 7) is 0. The van der Waals surface area contributed by atoms with E-state index in [1.54, 1.807) is 0 Å². The molecule has 33 heavy (non-hydrogen) atoms. The fourth-order valence-electron chi connectivity index (χ4n) is 5.20. The summed E-state index contributed by atoms with van der Waals surface area (Å²) in [4.78, 5) is 0. The van der Waals surface area contributed by atoms with Gasteiger partial charge < -0.3 is 9.13 Å². The number of fused-ring (bicyclic) bond motifs is 6. The lowest BCUT2D eigenvalue weighted by Crippen LogP contribution is -1.98. The van der Waals surface area contributed by atoms with E-state index >= 15 is 0 Å². The van der Waals surface area contributed by atoms with Crippen LogP contribution in [0.25, 0.3) is 55.0 Å². The highest BCUT2D eigenvalue weighted by Gasteiger charge is 2.21. The van der Waals surface area contributed by atoms with Gasteiger partial charge in [0, 0.05) is 32.9 Å². The number of nitrogens with zero attached hydrogens (tertiary/aromatic N) is 2. The molecule has 0 amide bonds. The zero-order valence-electron chi connectivity index (χ0n) is 17.7. The maximum Gasteiger partial charge on any atom is 0.0696 e. The van der Waals surface area contributed by atoms with E-state index in [0.717, 1.165) is 0 Å². The molecule has 0 N–H and O–H groups in total. The molecule has 3 heteroatoms. The molecule has 0 unspecified atom stereocenters. The molecular formula is C30H19IN2. The Hall–Kier alpha value is -3.57. The van der Waals surface area contributed by atoms with Crippen molar-refractivity contribution in [3.63, 3.8) is 0 Å². The van der Waals surface area contributed by atoms with Crippen molar-refractivity contribution in [2.45, 2.75) is 0 Å². The van der Waals surface area contributed by atoms with Gasteiger partial charge in [0.05, 0.1) is 25.6 Å². The van der Waals surface area contributed by atoms with Gasteiger partial charge in [0.1, 0.15) is 0 Å². The average molecular weight is 534 g/mol. The molecule has 0 fully saturated rings. The molecule has 5 aromatic carbocycles. The topological polar surface area (TPSA) is 9.86 Å². The van der Waals surface area contributed by atoms with E-state index in [9.17, 15) is 0 Å². The van der Waals surface area contributed by atoms with Gasteiger partial charge in [-0.2, -0.15) is 0 Å². The summed E-state index contributed by atoms with van der Waals surface area (Å²) in [5, 5.41) is 5.16. The van der Waals surface area contributed by atoms with Gasteiger partial charge in [0.15, 0.2) is 0 Å². The van der Waals surface area contributed by atoms with Crippen LogP contribution in [-0.2, 0) is 0 Å². The number of rotatable bonds is 2. The van der Waals surface area contributed by atoms with Gasteiger partial charge in [0.2, 0.25) is 0 Å². The van der Waals surface area contributed by atoms with E-state index < -0.39 is 0 Å². The number of halogens is 1. The molecular weight excluding hydrogens is 515 g/mol. The van der Waals surface area contributed by atoms with Gasteiger partial charge in [-0.1, -0.05) is 72.8 Å². The minimum absolute atomic E-state index is 1.18. The lowest BCUT2D eigenvalue weighted by atomic mass is 10.1. The van der Waals surface area contributed by atoms with Gasteiger partial charge >= 0.3 is 0 Å². The van der Waals surface area contributed by atoms with Gasteiger partial charge in [-0.3, -0.25) is 0 Å². The van der Waals surface area contributed by atoms with Crippen LogP contribution >= 0.6 is 22.6 Å². The van der Waals surface area contributed by atoms with Crippen molar-refractivity contribution in [1.82, 2.24) is 9.13 Å². The molecule has 0 saturated heterocycles. The van der Waals surface area contributed by atoms with E-state index in [-0.39, 0.29) is 0 Å². The minimum Gasteiger partial charge on any atom is -0.308 e. The molecule has 7 aromatic rings. The molecule has 0 saturated carbocycles. The van der Waals surface area contributed by atoms with Crippen LogP contribution in [0.3, 0.4) is 0 Å². The number of hydrogen-bond acceptors (Lipinski definition) is 0. The van der Waals surface area contributed by atoms with Crippen molar-refractivity contribution in [1.29, 1.82) is 0 Å². The molecule has 0 aliphatic heterocycles. The fourth-order valence-corrected chi connectivity index (χ4v) is 6.27. The molecule has 2 heterocycles. The molecule has 156 valence electrons. The molecule has 0 spiro atoms. The van der Waals surface area contributed by atoms with Crippen molar-refractivity contribution < 1.29 is 0 Å². The second-order valence-electron chi connectivity index (χ2n) is 8.36. The van der Waals surface area contributed by atoms with Gasteiger partial charge in [-0.25, -0.2) is 0 Å². The summed E-state index contributed by atoms with van der Waals surface area (Å²) >= 11 is 2.57. The highest BCUT2D eigenvalue weighted by atomic mass is 127. The summed E-state index contributed by atoms with van der Waals surface area (Å²) in [5.74, 6) is 0. The largest absolute Gasteiger partial charge is 0.308 e. The van der Waals surface area contributed by atoms with E-state index in [0.29, 0.717) is 0 Å². The monoisotopic (exact) mass is 534 g/mol. The average Bonchev–Trinajstić information content (AvgIpc) is 3.39. The number of benzene rings is 5. The Kier molecular flexibility index (Phi) is 4.15. The first-order valence-electron chi connectivity index (χ1n) is 11.1. The maximum absolute atomic E-state index is 2.57. The van der Waals surface area contributed by atoms with Crippen molar-refractivity contribution in [3.05, 3.63) is 119 Å². The summed E-state index contributed by atoms with van der Waals surface area (Å²) in [6, 6.07) is 41.3. The van der Waals surface area contributed by atoms with E-state index in [1.165, 1.54) is 58.6 Å². The first-order valence-corrected chi connectivity index (χ1v) is 12.2.